The molecule has 0 saturated heterocycles. The van der Waals surface area contributed by atoms with Crippen molar-refractivity contribution in [3.63, 3.8) is 0 Å². The van der Waals surface area contributed by atoms with Crippen LogP contribution < -0.4 is 11.1 Å². The fourth-order valence-corrected chi connectivity index (χ4v) is 3.35. The molecule has 3 N–H and O–H groups in total. The van der Waals surface area contributed by atoms with E-state index in [1.54, 1.807) is 30.1 Å². The average Bonchev–Trinajstić information content (AvgIpc) is 3.16. The third kappa shape index (κ3) is 4.24. The molecule has 2 amide bonds. The molecular weight excluding hydrogens is 326 g/mol. The summed E-state index contributed by atoms with van der Waals surface area (Å²) in [5.74, 6) is -0.175. The van der Waals surface area contributed by atoms with Crippen molar-refractivity contribution in [3.8, 4) is 0 Å². The number of nitrogens with zero attached hydrogens (tertiary/aromatic N) is 1. The van der Waals surface area contributed by atoms with E-state index < -0.39 is 0 Å². The van der Waals surface area contributed by atoms with Crippen LogP contribution in [0.3, 0.4) is 0 Å². The predicted molar refractivity (Wildman–Crippen MR) is 95.5 cm³/mol. The summed E-state index contributed by atoms with van der Waals surface area (Å²) in [6, 6.07) is 5.03. The van der Waals surface area contributed by atoms with Crippen molar-refractivity contribution in [1.82, 2.24) is 4.90 Å². The van der Waals surface area contributed by atoms with Gasteiger partial charge in [-0.25, -0.2) is 0 Å². The number of furan rings is 1. The minimum absolute atomic E-state index is 0.0717. The lowest BCUT2D eigenvalue weighted by Gasteiger charge is -2.28. The fraction of sp³-hybridized carbons (Fsp3) is 0.412. The Morgan fingerprint density at radius 2 is 2.12 bits per heavy atom. The number of carbonyl (C=O) groups is 2. The van der Waals surface area contributed by atoms with Gasteiger partial charge in [-0.2, -0.15) is 0 Å². The molecular formula is C17H23N3O3S. The largest absolute Gasteiger partial charge is 0.459 e. The van der Waals surface area contributed by atoms with E-state index in [9.17, 15) is 9.59 Å². The van der Waals surface area contributed by atoms with Crippen LogP contribution in [-0.4, -0.2) is 36.9 Å². The molecule has 2 aromatic rings. The first-order valence-corrected chi connectivity index (χ1v) is 8.46. The van der Waals surface area contributed by atoms with E-state index in [-0.39, 0.29) is 23.0 Å². The Kier molecular flexibility index (Phi) is 5.46. The van der Waals surface area contributed by atoms with Crippen molar-refractivity contribution in [2.45, 2.75) is 20.8 Å². The van der Waals surface area contributed by atoms with Crippen LogP contribution in [0.5, 0.6) is 0 Å². The highest BCUT2D eigenvalue weighted by atomic mass is 32.1. The number of rotatable bonds is 6. The van der Waals surface area contributed by atoms with Gasteiger partial charge in [-0.1, -0.05) is 13.8 Å². The van der Waals surface area contributed by atoms with Crippen molar-refractivity contribution >= 4 is 28.2 Å². The smallest absolute Gasteiger partial charge is 0.291 e. The van der Waals surface area contributed by atoms with E-state index in [1.807, 2.05) is 20.8 Å². The zero-order valence-electron chi connectivity index (χ0n) is 14.4. The molecule has 0 unspecified atom stereocenters. The lowest BCUT2D eigenvalue weighted by Crippen LogP contribution is -2.39. The van der Waals surface area contributed by atoms with Crippen molar-refractivity contribution in [2.75, 3.05) is 25.5 Å². The van der Waals surface area contributed by atoms with Gasteiger partial charge in [-0.05, 0) is 42.6 Å². The second kappa shape index (κ2) is 7.19. The van der Waals surface area contributed by atoms with Crippen LogP contribution in [0.4, 0.5) is 5.00 Å². The molecule has 2 aromatic heterocycles. The summed E-state index contributed by atoms with van der Waals surface area (Å²) in [7, 11) is 1.76. The van der Waals surface area contributed by atoms with Crippen LogP contribution in [0, 0.1) is 12.3 Å². The maximum absolute atomic E-state index is 12.7. The fourth-order valence-electron chi connectivity index (χ4n) is 2.29. The van der Waals surface area contributed by atoms with Crippen molar-refractivity contribution in [1.29, 1.82) is 0 Å². The minimum Gasteiger partial charge on any atom is -0.459 e. The molecule has 0 radical (unpaired) electrons. The standard InChI is InChI=1S/C17H23N3O3S/c1-11-8-13(19-15(21)12-6-5-7-23-12)24-14(11)16(22)20(4)10-17(2,3)9-18/h5-8H,9-10,18H2,1-4H3,(H,19,21). The molecule has 0 aromatic carbocycles. The second-order valence-electron chi connectivity index (χ2n) is 6.58. The highest BCUT2D eigenvalue weighted by Crippen LogP contribution is 2.29. The van der Waals surface area contributed by atoms with Gasteiger partial charge in [0.1, 0.15) is 0 Å². The van der Waals surface area contributed by atoms with Crippen molar-refractivity contribution < 1.29 is 14.0 Å². The van der Waals surface area contributed by atoms with Gasteiger partial charge in [0.05, 0.1) is 16.1 Å². The summed E-state index contributed by atoms with van der Waals surface area (Å²) >= 11 is 1.26. The molecule has 0 spiro atoms. The number of thiophene rings is 1. The van der Waals surface area contributed by atoms with Crippen LogP contribution in [0.2, 0.25) is 0 Å². The first kappa shape index (κ1) is 18.2. The van der Waals surface area contributed by atoms with E-state index in [2.05, 4.69) is 5.32 Å². The Bertz CT molecular complexity index is 720. The van der Waals surface area contributed by atoms with E-state index >= 15 is 0 Å². The zero-order chi connectivity index (χ0) is 17.9. The molecule has 6 nitrogen and oxygen atoms in total. The number of hydrogen-bond donors (Lipinski definition) is 2. The maximum atomic E-state index is 12.7. The molecule has 2 heterocycles. The number of hydrogen-bond acceptors (Lipinski definition) is 5. The summed E-state index contributed by atoms with van der Waals surface area (Å²) in [6.45, 7) is 6.96. The third-order valence-corrected chi connectivity index (χ3v) is 4.80. The van der Waals surface area contributed by atoms with E-state index in [4.69, 9.17) is 10.2 Å². The van der Waals surface area contributed by atoms with E-state index in [0.29, 0.717) is 23.0 Å². The lowest BCUT2D eigenvalue weighted by molar-refractivity contribution is 0.0744. The van der Waals surface area contributed by atoms with Gasteiger partial charge in [0.15, 0.2) is 5.76 Å². The monoisotopic (exact) mass is 349 g/mol. The predicted octanol–water partition coefficient (Wildman–Crippen LogP) is 2.96. The molecule has 0 atom stereocenters. The Labute approximate surface area is 145 Å². The Hall–Kier alpha value is -2.12. The topological polar surface area (TPSA) is 88.6 Å². The van der Waals surface area contributed by atoms with Gasteiger partial charge in [0.2, 0.25) is 0 Å². The van der Waals surface area contributed by atoms with Crippen LogP contribution >= 0.6 is 11.3 Å². The van der Waals surface area contributed by atoms with E-state index in [1.165, 1.54) is 17.6 Å². The average molecular weight is 349 g/mol. The number of amides is 2. The number of carbonyl (C=O) groups excluding carboxylic acids is 2. The van der Waals surface area contributed by atoms with Crippen LogP contribution in [-0.2, 0) is 0 Å². The van der Waals surface area contributed by atoms with Crippen LogP contribution in [0.15, 0.2) is 28.9 Å². The lowest BCUT2D eigenvalue weighted by atomic mass is 9.93. The Morgan fingerprint density at radius 3 is 2.71 bits per heavy atom. The highest BCUT2D eigenvalue weighted by molar-refractivity contribution is 7.18. The molecule has 2 rings (SSSR count). The summed E-state index contributed by atoms with van der Waals surface area (Å²) < 4.78 is 5.06. The molecule has 0 aliphatic carbocycles. The summed E-state index contributed by atoms with van der Waals surface area (Å²) in [5, 5.41) is 3.37. The molecule has 7 heteroatoms. The van der Waals surface area contributed by atoms with Gasteiger partial charge in [0, 0.05) is 13.6 Å². The van der Waals surface area contributed by atoms with Gasteiger partial charge in [-0.3, -0.25) is 9.59 Å². The van der Waals surface area contributed by atoms with Crippen molar-refractivity contribution in [3.05, 3.63) is 40.7 Å². The van der Waals surface area contributed by atoms with Gasteiger partial charge in [-0.15, -0.1) is 11.3 Å². The number of nitrogens with one attached hydrogen (secondary N) is 1. The molecule has 0 fully saturated rings. The zero-order valence-corrected chi connectivity index (χ0v) is 15.2. The van der Waals surface area contributed by atoms with Gasteiger partial charge in [0.25, 0.3) is 11.8 Å². The van der Waals surface area contributed by atoms with E-state index in [0.717, 1.165) is 5.56 Å². The normalized spacial score (nSPS) is 11.4. The minimum atomic E-state index is -0.335. The second-order valence-corrected chi connectivity index (χ2v) is 7.64. The summed E-state index contributed by atoms with van der Waals surface area (Å²) in [4.78, 5) is 27.0. The highest BCUT2D eigenvalue weighted by Gasteiger charge is 2.24. The van der Waals surface area contributed by atoms with Gasteiger partial charge < -0.3 is 20.4 Å². The summed E-state index contributed by atoms with van der Waals surface area (Å²) in [6.07, 6.45) is 1.44. The molecule has 0 saturated carbocycles. The number of anilines is 1. The molecule has 0 aliphatic rings. The van der Waals surface area contributed by atoms with Crippen LogP contribution in [0.1, 0.15) is 39.6 Å². The maximum Gasteiger partial charge on any atom is 0.291 e. The quantitative estimate of drug-likeness (QED) is 0.839. The third-order valence-electron chi connectivity index (χ3n) is 3.66. The molecule has 130 valence electrons. The first-order valence-electron chi connectivity index (χ1n) is 7.64. The molecule has 0 aliphatic heterocycles. The van der Waals surface area contributed by atoms with Crippen LogP contribution in [0.25, 0.3) is 0 Å². The van der Waals surface area contributed by atoms with Gasteiger partial charge >= 0.3 is 0 Å². The van der Waals surface area contributed by atoms with Crippen molar-refractivity contribution in [2.24, 2.45) is 11.1 Å². The SMILES string of the molecule is Cc1cc(NC(=O)c2ccco2)sc1C(=O)N(C)CC(C)(C)CN. The molecule has 24 heavy (non-hydrogen) atoms. The first-order chi connectivity index (χ1) is 11.2. The summed E-state index contributed by atoms with van der Waals surface area (Å²) in [5.41, 5.74) is 6.42. The Balaban J connectivity index is 2.10. The number of aryl methyl sites for hydroxylation is 1. The number of nitrogens with two attached hydrogens (primary N) is 1. The molecule has 0 bridgehead atoms. The Morgan fingerprint density at radius 1 is 1.42 bits per heavy atom.